The number of aliphatic hydroxyl groups excluding tert-OH is 1. The summed E-state index contributed by atoms with van der Waals surface area (Å²) in [5.74, 6) is 0.547. The Kier molecular flexibility index (Phi) is 14.3. The predicted octanol–water partition coefficient (Wildman–Crippen LogP) is 12.5. The minimum absolute atomic E-state index is 0. The molecule has 0 unspecified atom stereocenters. The molecule has 0 amide bonds. The van der Waals surface area contributed by atoms with Crippen molar-refractivity contribution >= 4 is 54.0 Å². The van der Waals surface area contributed by atoms with Gasteiger partial charge in [0, 0.05) is 49.1 Å². The normalized spacial score (nSPS) is 15.1. The average Bonchev–Trinajstić information content (AvgIpc) is 3.13. The van der Waals surface area contributed by atoms with E-state index in [1.165, 1.54) is 45.6 Å². The number of nitrogens with zero attached hydrogens (tertiary/aromatic N) is 1. The zero-order valence-electron chi connectivity index (χ0n) is 34.6. The molecule has 0 spiro atoms. The fourth-order valence-electron chi connectivity index (χ4n) is 8.08. The Hall–Kier alpha value is -3.16. The summed E-state index contributed by atoms with van der Waals surface area (Å²) in [7, 11) is -2.83. The van der Waals surface area contributed by atoms with Gasteiger partial charge in [0.1, 0.15) is 0 Å². The van der Waals surface area contributed by atoms with E-state index in [9.17, 15) is 9.90 Å². The van der Waals surface area contributed by atoms with E-state index in [0.29, 0.717) is 0 Å². The summed E-state index contributed by atoms with van der Waals surface area (Å²) in [6.45, 7) is 25.2. The molecule has 1 N–H and O–H groups in total. The standard InChI is InChI=1S/C35H38NSi2.C13H24O2.Ir/c1-35(2,3)30-21-26(20-24-12-8-9-13-27(24)30)32-23-29(28-14-10-11-15-31(28)36-32)25-16-17-33-34(22-25)38(6,7)19-18-37(33,4)5;1-5-10(6-2)12(14)9-13(15)11(7-3)8-4;/h8-17,21-23H,18-19H2,1-7H3;9-11,14H,5-8H2,1-4H3;/q-1;;/b;12-9-;. The summed E-state index contributed by atoms with van der Waals surface area (Å²) in [5.41, 5.74) is 7.08. The van der Waals surface area contributed by atoms with Crippen LogP contribution >= 0.6 is 0 Å². The molecule has 3 nitrogen and oxygen atoms in total. The monoisotopic (exact) mass is 933 g/mol. The molecule has 5 aromatic rings. The first-order valence-electron chi connectivity index (χ1n) is 20.0. The Morgan fingerprint density at radius 2 is 1.35 bits per heavy atom. The van der Waals surface area contributed by atoms with Gasteiger partial charge in [-0.2, -0.15) is 0 Å². The largest absolute Gasteiger partial charge is 0.512 e. The number of hydrogen-bond donors (Lipinski definition) is 1. The Morgan fingerprint density at radius 1 is 0.778 bits per heavy atom. The number of fused-ring (bicyclic) bond motifs is 3. The van der Waals surface area contributed by atoms with Crippen molar-refractivity contribution in [3.63, 3.8) is 0 Å². The molecule has 0 saturated carbocycles. The van der Waals surface area contributed by atoms with Crippen molar-refractivity contribution in [2.45, 2.75) is 118 Å². The Labute approximate surface area is 341 Å². The van der Waals surface area contributed by atoms with Crippen LogP contribution in [0.15, 0.2) is 90.7 Å². The Balaban J connectivity index is 0.000000347. The van der Waals surface area contributed by atoms with Crippen molar-refractivity contribution in [2.75, 3.05) is 0 Å². The minimum Gasteiger partial charge on any atom is -0.512 e. The first-order chi connectivity index (χ1) is 25.0. The summed E-state index contributed by atoms with van der Waals surface area (Å²) >= 11 is 0. The summed E-state index contributed by atoms with van der Waals surface area (Å²) < 4.78 is 0. The third kappa shape index (κ3) is 9.44. The second-order valence-electron chi connectivity index (χ2n) is 17.5. The smallest absolute Gasteiger partial charge is 0.162 e. The maximum atomic E-state index is 11.7. The van der Waals surface area contributed by atoms with E-state index >= 15 is 0 Å². The van der Waals surface area contributed by atoms with E-state index in [2.05, 4.69) is 132 Å². The quantitative estimate of drug-likeness (QED) is 0.0693. The van der Waals surface area contributed by atoms with E-state index in [-0.39, 0.29) is 48.9 Å². The summed E-state index contributed by atoms with van der Waals surface area (Å²) in [6, 6.07) is 35.9. The number of rotatable bonds is 9. The molecule has 54 heavy (non-hydrogen) atoms. The number of pyridine rings is 1. The van der Waals surface area contributed by atoms with Crippen molar-refractivity contribution < 1.29 is 30.0 Å². The molecule has 0 bridgehead atoms. The maximum absolute atomic E-state index is 11.7. The molecule has 1 aromatic heterocycles. The molecule has 4 aromatic carbocycles. The van der Waals surface area contributed by atoms with Gasteiger partial charge in [-0.05, 0) is 48.3 Å². The number of carbonyl (C=O) groups is 1. The van der Waals surface area contributed by atoms with Crippen molar-refractivity contribution in [1.82, 2.24) is 4.98 Å². The number of para-hydroxylation sites is 1. The summed E-state index contributed by atoms with van der Waals surface area (Å²) in [5, 5.41) is 16.8. The van der Waals surface area contributed by atoms with Gasteiger partial charge in [-0.25, -0.2) is 0 Å². The van der Waals surface area contributed by atoms with E-state index in [4.69, 9.17) is 4.98 Å². The number of aromatic nitrogens is 1. The first-order valence-corrected chi connectivity index (χ1v) is 26.4. The zero-order valence-corrected chi connectivity index (χ0v) is 39.0. The second kappa shape index (κ2) is 17.8. The Morgan fingerprint density at radius 3 is 1.96 bits per heavy atom. The van der Waals surface area contributed by atoms with Gasteiger partial charge in [-0.15, -0.1) is 29.1 Å². The molecule has 289 valence electrons. The van der Waals surface area contributed by atoms with Crippen molar-refractivity contribution in [3.05, 3.63) is 102 Å². The fourth-order valence-corrected chi connectivity index (χ4v) is 18.3. The van der Waals surface area contributed by atoms with Gasteiger partial charge in [0.15, 0.2) is 5.78 Å². The summed E-state index contributed by atoms with van der Waals surface area (Å²) in [6.07, 6.45) is 4.91. The van der Waals surface area contributed by atoms with Crippen LogP contribution in [0.5, 0.6) is 0 Å². The molecule has 0 fully saturated rings. The molecular formula is C48H62IrNO2Si2-. The third-order valence-corrected chi connectivity index (χ3v) is 19.3. The van der Waals surface area contributed by atoms with Gasteiger partial charge >= 0.3 is 0 Å². The molecule has 0 atom stereocenters. The van der Waals surface area contributed by atoms with Crippen molar-refractivity contribution in [1.29, 1.82) is 0 Å². The minimum atomic E-state index is -1.46. The number of hydrogen-bond acceptors (Lipinski definition) is 3. The van der Waals surface area contributed by atoms with Crippen LogP contribution < -0.4 is 10.4 Å². The van der Waals surface area contributed by atoms with E-state index < -0.39 is 16.1 Å². The molecule has 1 aliphatic rings. The fraction of sp³-hybridized carbons (Fsp3) is 0.417. The summed E-state index contributed by atoms with van der Waals surface area (Å²) in [4.78, 5) is 16.9. The number of ketones is 1. The average molecular weight is 933 g/mol. The molecule has 6 heteroatoms. The Bertz CT molecular complexity index is 2120. The van der Waals surface area contributed by atoms with Crippen LogP contribution in [0.25, 0.3) is 44.1 Å². The van der Waals surface area contributed by atoms with E-state index in [1.807, 2.05) is 27.7 Å². The molecule has 6 rings (SSSR count). The molecule has 0 saturated heterocycles. The van der Waals surface area contributed by atoms with Gasteiger partial charge < -0.3 is 5.11 Å². The first kappa shape index (κ1) is 43.6. The maximum Gasteiger partial charge on any atom is 0.162 e. The van der Waals surface area contributed by atoms with Crippen molar-refractivity contribution in [2.24, 2.45) is 11.8 Å². The molecule has 0 aliphatic carbocycles. The van der Waals surface area contributed by atoms with E-state index in [0.717, 1.165) is 47.8 Å². The number of allylic oxidation sites excluding steroid dienone is 2. The van der Waals surface area contributed by atoms with Gasteiger partial charge in [-0.3, -0.25) is 9.78 Å². The van der Waals surface area contributed by atoms with E-state index in [1.54, 1.807) is 10.4 Å². The van der Waals surface area contributed by atoms with Crippen LogP contribution in [-0.4, -0.2) is 32.0 Å². The van der Waals surface area contributed by atoms with Crippen LogP contribution in [0.2, 0.25) is 38.3 Å². The van der Waals surface area contributed by atoms with Gasteiger partial charge in [0.2, 0.25) is 0 Å². The SMILES string of the molecule is CC(C)(C)c1cc(-c2cc(-c3ccc4c(c3)[Si](C)(C)CC[Si]4(C)C)c3ccccc3n2)[c-]c2ccccc12.CCC(CC)C(=O)/C=C(\O)C(CC)CC.[Ir]. The van der Waals surface area contributed by atoms with Gasteiger partial charge in [0.25, 0.3) is 0 Å². The van der Waals surface area contributed by atoms with Crippen molar-refractivity contribution in [3.8, 4) is 22.4 Å². The number of aliphatic hydroxyl groups is 1. The molecule has 1 aliphatic heterocycles. The van der Waals surface area contributed by atoms with Crippen LogP contribution in [0.4, 0.5) is 0 Å². The van der Waals surface area contributed by atoms with Crippen LogP contribution in [0.1, 0.15) is 79.7 Å². The zero-order chi connectivity index (χ0) is 38.7. The number of carbonyl (C=O) groups excluding carboxylic acids is 1. The topological polar surface area (TPSA) is 50.2 Å². The van der Waals surface area contributed by atoms with Crippen LogP contribution in [-0.2, 0) is 30.3 Å². The van der Waals surface area contributed by atoms with Crippen LogP contribution in [0.3, 0.4) is 0 Å². The molecule has 1 radical (unpaired) electrons. The molecule has 2 heterocycles. The van der Waals surface area contributed by atoms with Crippen LogP contribution in [0, 0.1) is 17.9 Å². The van der Waals surface area contributed by atoms with Gasteiger partial charge in [-0.1, -0.05) is 169 Å². The third-order valence-electron chi connectivity index (χ3n) is 11.8. The predicted molar refractivity (Wildman–Crippen MR) is 235 cm³/mol. The van der Waals surface area contributed by atoms with Gasteiger partial charge in [0.05, 0.1) is 27.4 Å². The molecular weight excluding hydrogens is 871 g/mol. The second-order valence-corrected chi connectivity index (χ2v) is 27.1. The number of benzene rings is 4.